The fourth-order valence-electron chi connectivity index (χ4n) is 0.727. The van der Waals surface area contributed by atoms with E-state index in [1.807, 2.05) is 0 Å². The van der Waals surface area contributed by atoms with Gasteiger partial charge in [0.2, 0.25) is 0 Å². The summed E-state index contributed by atoms with van der Waals surface area (Å²) in [4.78, 5) is 0. The number of halogens is 3. The Morgan fingerprint density at radius 3 is 1.93 bits per heavy atom. The van der Waals surface area contributed by atoms with Crippen molar-refractivity contribution in [1.82, 2.24) is 0 Å². The van der Waals surface area contributed by atoms with Gasteiger partial charge in [0.1, 0.15) is 19.5 Å². The summed E-state index contributed by atoms with van der Waals surface area (Å²) < 4.78 is 50.6. The fraction of sp³-hybridized carbons (Fsp3) is 1.00. The second kappa shape index (κ2) is 10.2. The van der Waals surface area contributed by atoms with E-state index in [-0.39, 0.29) is 19.8 Å². The molecule has 0 rings (SSSR count). The molecule has 0 aliphatic rings. The molecule has 0 aliphatic carbocycles. The highest BCUT2D eigenvalue weighted by molar-refractivity contribution is 4.49. The van der Waals surface area contributed by atoms with Gasteiger partial charge >= 0.3 is 0 Å². The second-order valence-electron chi connectivity index (χ2n) is 2.75. The number of alkyl halides is 3. The smallest absolute Gasteiger partial charge is 0.271 e. The molecule has 0 aromatic heterocycles. The Hall–Kier alpha value is -0.330. The minimum absolute atomic E-state index is 0.209. The number of rotatable bonds is 10. The molecule has 0 aromatic rings. The lowest BCUT2D eigenvalue weighted by molar-refractivity contribution is -0.293. The lowest BCUT2D eigenvalue weighted by Gasteiger charge is -2.18. The van der Waals surface area contributed by atoms with Crippen molar-refractivity contribution in [1.29, 1.82) is 0 Å². The molecule has 0 aromatic carbocycles. The summed E-state index contributed by atoms with van der Waals surface area (Å²) in [5.41, 5.74) is 0. The lowest BCUT2D eigenvalue weighted by Crippen LogP contribution is -2.26. The number of ether oxygens (including phenoxy) is 3. The van der Waals surface area contributed by atoms with Crippen LogP contribution in [0, 0.1) is 0 Å². The third-order valence-corrected chi connectivity index (χ3v) is 1.52. The van der Waals surface area contributed by atoms with Gasteiger partial charge in [0.25, 0.3) is 6.48 Å². The Morgan fingerprint density at radius 1 is 1.00 bits per heavy atom. The topological polar surface area (TPSA) is 27.7 Å². The van der Waals surface area contributed by atoms with Crippen LogP contribution in [0.25, 0.3) is 0 Å². The van der Waals surface area contributed by atoms with Crippen molar-refractivity contribution in [2.45, 2.75) is 26.0 Å². The molecule has 0 saturated carbocycles. The molecular formula is C9H17F3O3. The quantitative estimate of drug-likeness (QED) is 0.537. The van der Waals surface area contributed by atoms with E-state index in [1.54, 1.807) is 6.92 Å². The zero-order valence-electron chi connectivity index (χ0n) is 8.76. The van der Waals surface area contributed by atoms with Crippen LogP contribution < -0.4 is 0 Å². The minimum atomic E-state index is -1.19. The van der Waals surface area contributed by atoms with E-state index in [4.69, 9.17) is 14.2 Å². The summed E-state index contributed by atoms with van der Waals surface area (Å²) in [5.74, 6) is 0. The molecular weight excluding hydrogens is 213 g/mol. The lowest BCUT2D eigenvalue weighted by atomic mass is 10.3. The van der Waals surface area contributed by atoms with Crippen LogP contribution in [-0.2, 0) is 14.2 Å². The molecule has 1 unspecified atom stereocenters. The Kier molecular flexibility index (Phi) is 9.97. The van der Waals surface area contributed by atoms with Gasteiger partial charge in [0.15, 0.2) is 0 Å². The van der Waals surface area contributed by atoms with Gasteiger partial charge in [-0.2, -0.15) is 0 Å². The Bertz CT molecular complexity index is 130. The molecule has 0 amide bonds. The molecule has 0 spiro atoms. The summed E-state index contributed by atoms with van der Waals surface area (Å²) in [6.45, 7) is -1.59. The SMILES string of the molecule is CCC(F)COC(OCCF)OCCF. The maximum atomic E-state index is 12.8. The Morgan fingerprint density at radius 2 is 1.53 bits per heavy atom. The first kappa shape index (κ1) is 14.7. The molecule has 92 valence electrons. The zero-order chi connectivity index (χ0) is 11.5. The third-order valence-electron chi connectivity index (χ3n) is 1.52. The maximum Gasteiger partial charge on any atom is 0.271 e. The summed E-state index contributed by atoms with van der Waals surface area (Å²) in [7, 11) is 0. The summed E-state index contributed by atoms with van der Waals surface area (Å²) in [6, 6.07) is 0. The van der Waals surface area contributed by atoms with Crippen molar-refractivity contribution >= 4 is 0 Å². The molecule has 3 nitrogen and oxygen atoms in total. The van der Waals surface area contributed by atoms with E-state index >= 15 is 0 Å². The minimum Gasteiger partial charge on any atom is -0.327 e. The molecule has 0 N–H and O–H groups in total. The zero-order valence-corrected chi connectivity index (χ0v) is 8.76. The van der Waals surface area contributed by atoms with Crippen molar-refractivity contribution < 1.29 is 27.4 Å². The number of hydrogen-bond donors (Lipinski definition) is 0. The average molecular weight is 230 g/mol. The van der Waals surface area contributed by atoms with Gasteiger partial charge < -0.3 is 14.2 Å². The molecule has 0 heterocycles. The fourth-order valence-corrected chi connectivity index (χ4v) is 0.727. The average Bonchev–Trinajstić information content (AvgIpc) is 2.27. The van der Waals surface area contributed by atoms with Gasteiger partial charge in [0.05, 0.1) is 19.8 Å². The highest BCUT2D eigenvalue weighted by atomic mass is 19.1. The first-order valence-electron chi connectivity index (χ1n) is 4.85. The first-order valence-corrected chi connectivity index (χ1v) is 4.85. The van der Waals surface area contributed by atoms with Crippen LogP contribution in [0.2, 0.25) is 0 Å². The second-order valence-corrected chi connectivity index (χ2v) is 2.75. The van der Waals surface area contributed by atoms with Crippen molar-refractivity contribution in [3.63, 3.8) is 0 Å². The number of hydrogen-bond acceptors (Lipinski definition) is 3. The predicted molar refractivity (Wildman–Crippen MR) is 48.8 cm³/mol. The van der Waals surface area contributed by atoms with E-state index in [0.717, 1.165) is 0 Å². The van der Waals surface area contributed by atoms with Gasteiger partial charge in [-0.1, -0.05) is 6.92 Å². The van der Waals surface area contributed by atoms with Crippen molar-refractivity contribution in [2.75, 3.05) is 33.2 Å². The standard InChI is InChI=1S/C9H17F3O3/c1-2-8(12)7-15-9(13-5-3-10)14-6-4-11/h8-9H,2-7H2,1H3. The summed E-state index contributed by atoms with van der Waals surface area (Å²) >= 11 is 0. The van der Waals surface area contributed by atoms with Gasteiger partial charge in [-0.15, -0.1) is 0 Å². The van der Waals surface area contributed by atoms with Crippen LogP contribution >= 0.6 is 0 Å². The summed E-state index contributed by atoms with van der Waals surface area (Å²) in [5, 5.41) is 0. The molecule has 0 radical (unpaired) electrons. The van der Waals surface area contributed by atoms with Crippen LogP contribution in [0.1, 0.15) is 13.3 Å². The molecule has 0 bridgehead atoms. The Labute approximate surface area is 87.5 Å². The van der Waals surface area contributed by atoms with Gasteiger partial charge in [0, 0.05) is 0 Å². The summed E-state index contributed by atoms with van der Waals surface area (Å²) in [6.07, 6.45) is -0.825. The van der Waals surface area contributed by atoms with Crippen LogP contribution in [0.4, 0.5) is 13.2 Å². The van der Waals surface area contributed by atoms with E-state index in [1.165, 1.54) is 0 Å². The normalized spacial score (nSPS) is 13.4. The monoisotopic (exact) mass is 230 g/mol. The van der Waals surface area contributed by atoms with Crippen LogP contribution in [-0.4, -0.2) is 45.8 Å². The molecule has 6 heteroatoms. The van der Waals surface area contributed by atoms with Crippen molar-refractivity contribution in [3.8, 4) is 0 Å². The highest BCUT2D eigenvalue weighted by Crippen LogP contribution is 2.03. The van der Waals surface area contributed by atoms with Crippen LogP contribution in [0.3, 0.4) is 0 Å². The third kappa shape index (κ3) is 8.65. The van der Waals surface area contributed by atoms with Gasteiger partial charge in [-0.05, 0) is 6.42 Å². The molecule has 15 heavy (non-hydrogen) atoms. The van der Waals surface area contributed by atoms with E-state index in [9.17, 15) is 13.2 Å². The van der Waals surface area contributed by atoms with Crippen molar-refractivity contribution in [2.24, 2.45) is 0 Å². The van der Waals surface area contributed by atoms with Crippen LogP contribution in [0.15, 0.2) is 0 Å². The van der Waals surface area contributed by atoms with Crippen molar-refractivity contribution in [3.05, 3.63) is 0 Å². The first-order chi connectivity index (χ1) is 7.24. The van der Waals surface area contributed by atoms with Gasteiger partial charge in [-0.3, -0.25) is 0 Å². The highest BCUT2D eigenvalue weighted by Gasteiger charge is 2.12. The molecule has 0 fully saturated rings. The van der Waals surface area contributed by atoms with E-state index in [0.29, 0.717) is 6.42 Å². The van der Waals surface area contributed by atoms with Gasteiger partial charge in [-0.25, -0.2) is 13.2 Å². The predicted octanol–water partition coefficient (Wildman–Crippen LogP) is 2.01. The Balaban J connectivity index is 3.67. The van der Waals surface area contributed by atoms with E-state index < -0.39 is 26.0 Å². The molecule has 0 saturated heterocycles. The van der Waals surface area contributed by atoms with E-state index in [2.05, 4.69) is 0 Å². The molecule has 1 atom stereocenters. The largest absolute Gasteiger partial charge is 0.327 e. The maximum absolute atomic E-state index is 12.8. The van der Waals surface area contributed by atoms with Crippen LogP contribution in [0.5, 0.6) is 0 Å². The molecule has 0 aliphatic heterocycles.